The fraction of sp³-hybridized carbons (Fsp3) is 0.667. The van der Waals surface area contributed by atoms with Crippen molar-refractivity contribution in [1.29, 1.82) is 0 Å². The molecule has 3 aliphatic rings. The average Bonchev–Trinajstić information content (AvgIpc) is 2.72. The van der Waals surface area contributed by atoms with E-state index in [9.17, 15) is 4.79 Å². The van der Waals surface area contributed by atoms with Gasteiger partial charge in [-0.2, -0.15) is 0 Å². The maximum Gasteiger partial charge on any atom is 0.223 e. The van der Waals surface area contributed by atoms with Crippen molar-refractivity contribution in [1.82, 2.24) is 10.2 Å². The molecule has 1 amide bonds. The quantitative estimate of drug-likeness (QED) is 0.897. The molecule has 0 aliphatic carbocycles. The molecule has 0 unspecified atom stereocenters. The number of piperidine rings is 1. The van der Waals surface area contributed by atoms with Crippen LogP contribution in [0, 0.1) is 11.8 Å². The van der Waals surface area contributed by atoms with Gasteiger partial charge in [-0.25, -0.2) is 0 Å². The zero-order chi connectivity index (χ0) is 17.8. The van der Waals surface area contributed by atoms with E-state index in [-0.39, 0.29) is 11.8 Å². The van der Waals surface area contributed by atoms with Gasteiger partial charge in [-0.05, 0) is 56.8 Å². The van der Waals surface area contributed by atoms with Gasteiger partial charge in [0.25, 0.3) is 0 Å². The van der Waals surface area contributed by atoms with E-state index in [1.54, 1.807) is 0 Å². The van der Waals surface area contributed by atoms with Gasteiger partial charge >= 0.3 is 0 Å². The van der Waals surface area contributed by atoms with Crippen molar-refractivity contribution >= 4 is 5.91 Å². The van der Waals surface area contributed by atoms with Crippen molar-refractivity contribution in [2.75, 3.05) is 39.5 Å². The van der Waals surface area contributed by atoms with Gasteiger partial charge in [0.15, 0.2) is 0 Å². The number of ether oxygens (including phenoxy) is 2. The number of amides is 1. The first-order valence-corrected chi connectivity index (χ1v) is 10.1. The van der Waals surface area contributed by atoms with Crippen molar-refractivity contribution in [2.24, 2.45) is 11.8 Å². The third-order valence-electron chi connectivity index (χ3n) is 6.13. The molecule has 0 spiro atoms. The van der Waals surface area contributed by atoms with Gasteiger partial charge in [0.2, 0.25) is 5.91 Å². The second-order valence-corrected chi connectivity index (χ2v) is 7.89. The van der Waals surface area contributed by atoms with Gasteiger partial charge in [-0.15, -0.1) is 0 Å². The summed E-state index contributed by atoms with van der Waals surface area (Å²) in [5.74, 6) is 1.77. The summed E-state index contributed by atoms with van der Waals surface area (Å²) in [6, 6.07) is 8.86. The lowest BCUT2D eigenvalue weighted by atomic mass is 9.92. The molecule has 0 saturated carbocycles. The van der Waals surface area contributed by atoms with Gasteiger partial charge in [0, 0.05) is 37.6 Å². The molecular weight excluding hydrogens is 328 g/mol. The average molecular weight is 358 g/mol. The molecule has 26 heavy (non-hydrogen) atoms. The third kappa shape index (κ3) is 4.21. The third-order valence-corrected chi connectivity index (χ3v) is 6.13. The van der Waals surface area contributed by atoms with Gasteiger partial charge in [-0.1, -0.05) is 18.2 Å². The summed E-state index contributed by atoms with van der Waals surface area (Å²) in [6.07, 6.45) is 5.22. The number of nitrogens with one attached hydrogen (secondary N) is 1. The van der Waals surface area contributed by atoms with Crippen molar-refractivity contribution < 1.29 is 14.3 Å². The molecule has 0 radical (unpaired) electrons. The minimum atomic E-state index is 0.169. The number of fused-ring (bicyclic) bond motifs is 1. The van der Waals surface area contributed by atoms with Crippen LogP contribution in [0.3, 0.4) is 0 Å². The summed E-state index contributed by atoms with van der Waals surface area (Å²) in [5.41, 5.74) is 1.25. The number of hydrogen-bond acceptors (Lipinski definition) is 4. The Labute approximate surface area is 156 Å². The molecule has 5 heteroatoms. The van der Waals surface area contributed by atoms with Crippen LogP contribution < -0.4 is 10.1 Å². The summed E-state index contributed by atoms with van der Waals surface area (Å²) in [4.78, 5) is 15.1. The zero-order valence-corrected chi connectivity index (χ0v) is 15.5. The Morgan fingerprint density at radius 1 is 1.12 bits per heavy atom. The number of likely N-dealkylation sites (tertiary alicyclic amines) is 1. The lowest BCUT2D eigenvalue weighted by Gasteiger charge is -2.38. The Hall–Kier alpha value is -1.59. The molecule has 1 aromatic rings. The van der Waals surface area contributed by atoms with Gasteiger partial charge in [0.05, 0.1) is 6.61 Å². The van der Waals surface area contributed by atoms with E-state index in [1.165, 1.54) is 5.56 Å². The highest BCUT2D eigenvalue weighted by Crippen LogP contribution is 2.27. The van der Waals surface area contributed by atoms with Crippen LogP contribution in [0.1, 0.15) is 31.2 Å². The highest BCUT2D eigenvalue weighted by atomic mass is 16.5. The van der Waals surface area contributed by atoms with Crippen LogP contribution in [0.15, 0.2) is 24.3 Å². The van der Waals surface area contributed by atoms with Crippen molar-refractivity contribution in [3.63, 3.8) is 0 Å². The number of carbonyl (C=O) groups is 1. The minimum Gasteiger partial charge on any atom is -0.493 e. The first-order valence-electron chi connectivity index (χ1n) is 10.1. The van der Waals surface area contributed by atoms with E-state index in [2.05, 4.69) is 22.3 Å². The number of carbonyl (C=O) groups excluding carboxylic acids is 1. The fourth-order valence-electron chi connectivity index (χ4n) is 4.49. The largest absolute Gasteiger partial charge is 0.493 e. The smallest absolute Gasteiger partial charge is 0.223 e. The molecule has 2 saturated heterocycles. The molecule has 4 rings (SSSR count). The van der Waals surface area contributed by atoms with E-state index in [4.69, 9.17) is 9.47 Å². The SMILES string of the molecule is O=C(NC[C@H]1COc2ccccc2C1)C1CCN(C2CCOCC2)CC1. The zero-order valence-electron chi connectivity index (χ0n) is 15.5. The number of para-hydroxylation sites is 1. The van der Waals surface area contributed by atoms with Gasteiger partial charge in [0.1, 0.15) is 5.75 Å². The predicted octanol–water partition coefficient (Wildman–Crippen LogP) is 2.24. The normalized spacial score (nSPS) is 25.3. The molecule has 0 aromatic heterocycles. The van der Waals surface area contributed by atoms with E-state index in [0.717, 1.165) is 64.2 Å². The fourth-order valence-corrected chi connectivity index (χ4v) is 4.49. The Kier molecular flexibility index (Phi) is 5.75. The summed E-state index contributed by atoms with van der Waals surface area (Å²) in [6.45, 7) is 5.27. The van der Waals surface area contributed by atoms with Crippen LogP contribution >= 0.6 is 0 Å². The van der Waals surface area contributed by atoms with Crippen LogP contribution in [-0.4, -0.2) is 56.3 Å². The van der Waals surface area contributed by atoms with Crippen molar-refractivity contribution in [3.8, 4) is 5.75 Å². The van der Waals surface area contributed by atoms with Crippen LogP contribution in [0.4, 0.5) is 0 Å². The molecule has 142 valence electrons. The number of hydrogen-bond donors (Lipinski definition) is 1. The van der Waals surface area contributed by atoms with Crippen LogP contribution in [0.2, 0.25) is 0 Å². The van der Waals surface area contributed by atoms with E-state index >= 15 is 0 Å². The lowest BCUT2D eigenvalue weighted by Crippen LogP contribution is -2.47. The number of benzene rings is 1. The summed E-state index contributed by atoms with van der Waals surface area (Å²) < 4.78 is 11.3. The Bertz CT molecular complexity index is 607. The summed E-state index contributed by atoms with van der Waals surface area (Å²) in [5, 5.41) is 3.19. The molecule has 3 heterocycles. The molecule has 1 N–H and O–H groups in total. The minimum absolute atomic E-state index is 0.169. The van der Waals surface area contributed by atoms with Crippen LogP contribution in [-0.2, 0) is 16.0 Å². The maximum atomic E-state index is 12.6. The first kappa shape index (κ1) is 17.8. The number of nitrogens with zero attached hydrogens (tertiary/aromatic N) is 1. The van der Waals surface area contributed by atoms with Crippen molar-refractivity contribution in [2.45, 2.75) is 38.1 Å². The molecule has 0 bridgehead atoms. The monoisotopic (exact) mass is 358 g/mol. The standard InChI is InChI=1S/C21H30N2O3/c24-21(17-5-9-23(10-6-17)19-7-11-25-12-8-19)22-14-16-13-18-3-1-2-4-20(18)26-15-16/h1-4,16-17,19H,5-15H2,(H,22,24)/t16-/m0/s1. The second-order valence-electron chi connectivity index (χ2n) is 7.89. The van der Waals surface area contributed by atoms with Crippen molar-refractivity contribution in [3.05, 3.63) is 29.8 Å². The maximum absolute atomic E-state index is 12.6. The van der Waals surface area contributed by atoms with E-state index < -0.39 is 0 Å². The second kappa shape index (κ2) is 8.40. The Morgan fingerprint density at radius 2 is 1.88 bits per heavy atom. The predicted molar refractivity (Wildman–Crippen MR) is 100 cm³/mol. The molecule has 5 nitrogen and oxygen atoms in total. The molecular formula is C21H30N2O3. The Balaban J connectivity index is 1.20. The molecule has 2 fully saturated rings. The Morgan fingerprint density at radius 3 is 2.69 bits per heavy atom. The molecule has 3 aliphatic heterocycles. The van der Waals surface area contributed by atoms with Gasteiger partial charge < -0.3 is 19.7 Å². The van der Waals surface area contributed by atoms with Crippen LogP contribution in [0.25, 0.3) is 0 Å². The topological polar surface area (TPSA) is 50.8 Å². The van der Waals surface area contributed by atoms with E-state index in [1.807, 2.05) is 12.1 Å². The molecule has 1 aromatic carbocycles. The first-order chi connectivity index (χ1) is 12.8. The van der Waals surface area contributed by atoms with Crippen LogP contribution in [0.5, 0.6) is 5.75 Å². The number of rotatable bonds is 4. The highest BCUT2D eigenvalue weighted by Gasteiger charge is 2.30. The molecule has 1 atom stereocenters. The lowest BCUT2D eigenvalue weighted by molar-refractivity contribution is -0.127. The van der Waals surface area contributed by atoms with Gasteiger partial charge in [-0.3, -0.25) is 4.79 Å². The summed E-state index contributed by atoms with van der Waals surface area (Å²) >= 11 is 0. The highest BCUT2D eigenvalue weighted by molar-refractivity contribution is 5.78. The van der Waals surface area contributed by atoms with E-state index in [0.29, 0.717) is 25.1 Å². The summed E-state index contributed by atoms with van der Waals surface area (Å²) in [7, 11) is 0.